The number of fused-ring (bicyclic) bond motifs is 5. The summed E-state index contributed by atoms with van der Waals surface area (Å²) in [7, 11) is 0. The number of nitrogens with zero attached hydrogens (tertiary/aromatic N) is 3. The molecule has 1 aromatic heterocycles. The number of hydrogen-bond donors (Lipinski definition) is 0. The standard InChI is InChI=1S/C31H26FN3O4/c32-24-13-14-25-27(19-24)38-18-8-7-16-33-21-35(28(25)23-11-5-2-6-12-23)34-17-15-26(36)30(29(34)31(33)37)39-20-22-9-3-1-4-10-22/h1-15,17,19,28H,16,18,20-21H2/b8-7+/t28-/m0/s1. The Hall–Kier alpha value is -4.85. The quantitative estimate of drug-likeness (QED) is 0.364. The van der Waals surface area contributed by atoms with E-state index in [1.807, 2.05) is 71.7 Å². The van der Waals surface area contributed by atoms with Crippen molar-refractivity contribution in [3.63, 3.8) is 0 Å². The van der Waals surface area contributed by atoms with Crippen LogP contribution in [0.1, 0.15) is 33.2 Å². The van der Waals surface area contributed by atoms with Gasteiger partial charge in [-0.25, -0.2) is 4.39 Å². The average molecular weight is 524 g/mol. The number of carbonyl (C=O) groups excluding carboxylic acids is 1. The van der Waals surface area contributed by atoms with Crippen molar-refractivity contribution in [2.24, 2.45) is 0 Å². The van der Waals surface area contributed by atoms with Gasteiger partial charge < -0.3 is 14.4 Å². The molecule has 2 bridgehead atoms. The highest BCUT2D eigenvalue weighted by molar-refractivity contribution is 5.96. The van der Waals surface area contributed by atoms with Gasteiger partial charge in [0.05, 0.1) is 0 Å². The molecule has 0 spiro atoms. The van der Waals surface area contributed by atoms with Gasteiger partial charge in [0, 0.05) is 30.4 Å². The summed E-state index contributed by atoms with van der Waals surface area (Å²) in [5.74, 6) is -0.331. The number of amides is 1. The molecule has 0 radical (unpaired) electrons. The van der Waals surface area contributed by atoms with Gasteiger partial charge in [0.2, 0.25) is 5.43 Å². The van der Waals surface area contributed by atoms with Crippen molar-refractivity contribution in [2.45, 2.75) is 12.6 Å². The third kappa shape index (κ3) is 4.77. The highest BCUT2D eigenvalue weighted by atomic mass is 19.1. The van der Waals surface area contributed by atoms with Crippen LogP contribution >= 0.6 is 0 Å². The Morgan fingerprint density at radius 3 is 2.49 bits per heavy atom. The van der Waals surface area contributed by atoms with E-state index in [1.54, 1.807) is 27.9 Å². The molecule has 6 rings (SSSR count). The zero-order chi connectivity index (χ0) is 26.8. The molecule has 0 unspecified atom stereocenters. The highest BCUT2D eigenvalue weighted by Gasteiger charge is 2.37. The molecule has 2 aliphatic rings. The molecular weight excluding hydrogens is 497 g/mol. The minimum atomic E-state index is -0.473. The summed E-state index contributed by atoms with van der Waals surface area (Å²) >= 11 is 0. The van der Waals surface area contributed by atoms with Crippen molar-refractivity contribution in [3.8, 4) is 11.5 Å². The topological polar surface area (TPSA) is 64.0 Å². The molecule has 3 heterocycles. The van der Waals surface area contributed by atoms with Crippen LogP contribution in [0.4, 0.5) is 4.39 Å². The zero-order valence-electron chi connectivity index (χ0n) is 21.1. The summed E-state index contributed by atoms with van der Waals surface area (Å²) < 4.78 is 28.1. The first kappa shape index (κ1) is 24.5. The lowest BCUT2D eigenvalue weighted by atomic mass is 9.97. The van der Waals surface area contributed by atoms with E-state index >= 15 is 0 Å². The second-order valence-electron chi connectivity index (χ2n) is 9.36. The number of aromatic nitrogens is 1. The fourth-order valence-electron chi connectivity index (χ4n) is 5.01. The fourth-order valence-corrected chi connectivity index (χ4v) is 5.01. The Balaban J connectivity index is 1.55. The third-order valence-corrected chi connectivity index (χ3v) is 6.85. The molecular formula is C31H26FN3O4. The zero-order valence-corrected chi connectivity index (χ0v) is 21.1. The first-order valence-electron chi connectivity index (χ1n) is 12.7. The van der Waals surface area contributed by atoms with E-state index in [1.165, 1.54) is 18.2 Å². The van der Waals surface area contributed by atoms with Crippen LogP contribution in [-0.2, 0) is 6.61 Å². The molecule has 0 saturated carbocycles. The predicted molar refractivity (Wildman–Crippen MR) is 145 cm³/mol. The van der Waals surface area contributed by atoms with Crippen LogP contribution in [0, 0.1) is 5.82 Å². The van der Waals surface area contributed by atoms with Crippen molar-refractivity contribution >= 4 is 5.91 Å². The van der Waals surface area contributed by atoms with E-state index in [-0.39, 0.29) is 42.7 Å². The molecule has 8 heteroatoms. The van der Waals surface area contributed by atoms with Gasteiger partial charge in [-0.1, -0.05) is 66.7 Å². The second-order valence-corrected chi connectivity index (χ2v) is 9.36. The summed E-state index contributed by atoms with van der Waals surface area (Å²) in [5, 5.41) is 1.97. The van der Waals surface area contributed by atoms with Crippen molar-refractivity contribution in [2.75, 3.05) is 24.8 Å². The molecule has 2 aliphatic heterocycles. The van der Waals surface area contributed by atoms with E-state index in [0.717, 1.165) is 16.7 Å². The van der Waals surface area contributed by atoms with Crippen molar-refractivity contribution in [1.82, 2.24) is 9.58 Å². The maximum absolute atomic E-state index is 14.4. The van der Waals surface area contributed by atoms with Crippen LogP contribution in [-0.4, -0.2) is 35.3 Å². The molecule has 1 atom stereocenters. The lowest BCUT2D eigenvalue weighted by Gasteiger charge is -2.44. The molecule has 0 saturated heterocycles. The number of rotatable bonds is 4. The third-order valence-electron chi connectivity index (χ3n) is 6.85. The smallest absolute Gasteiger partial charge is 0.278 e. The van der Waals surface area contributed by atoms with Gasteiger partial charge in [-0.05, 0) is 29.3 Å². The van der Waals surface area contributed by atoms with Crippen LogP contribution in [0.25, 0.3) is 0 Å². The second kappa shape index (κ2) is 10.5. The summed E-state index contributed by atoms with van der Waals surface area (Å²) in [6.45, 7) is 0.869. The van der Waals surface area contributed by atoms with Gasteiger partial charge in [0.15, 0.2) is 11.4 Å². The first-order valence-corrected chi connectivity index (χ1v) is 12.7. The molecule has 0 aliphatic carbocycles. The van der Waals surface area contributed by atoms with E-state index in [9.17, 15) is 14.0 Å². The predicted octanol–water partition coefficient (Wildman–Crippen LogP) is 4.66. The highest BCUT2D eigenvalue weighted by Crippen LogP contribution is 2.37. The van der Waals surface area contributed by atoms with Crippen LogP contribution in [0.15, 0.2) is 108 Å². The molecule has 0 N–H and O–H groups in total. The Kier molecular flexibility index (Phi) is 6.59. The number of halogens is 1. The number of benzene rings is 3. The lowest BCUT2D eigenvalue weighted by Crippen LogP contribution is -2.55. The SMILES string of the molecule is O=C1c2c(OCc3ccccc3)c(=O)ccn2N2CN1C/C=C/COc1cc(F)ccc1[C@@H]2c1ccccc1. The number of carbonyl (C=O) groups is 1. The van der Waals surface area contributed by atoms with Gasteiger partial charge >= 0.3 is 0 Å². The molecule has 0 fully saturated rings. The van der Waals surface area contributed by atoms with Crippen LogP contribution < -0.4 is 19.9 Å². The van der Waals surface area contributed by atoms with Crippen LogP contribution in [0.2, 0.25) is 0 Å². The maximum Gasteiger partial charge on any atom is 0.278 e. The van der Waals surface area contributed by atoms with Gasteiger partial charge in [-0.3, -0.25) is 19.3 Å². The summed E-state index contributed by atoms with van der Waals surface area (Å²) in [6, 6.07) is 24.6. The lowest BCUT2D eigenvalue weighted by molar-refractivity contribution is 0.0698. The van der Waals surface area contributed by atoms with Crippen molar-refractivity contribution in [1.29, 1.82) is 0 Å². The molecule has 39 heavy (non-hydrogen) atoms. The van der Waals surface area contributed by atoms with E-state index < -0.39 is 11.9 Å². The molecule has 4 aromatic rings. The minimum Gasteiger partial charge on any atom is -0.489 e. The average Bonchev–Trinajstić information content (AvgIpc) is 2.99. The Morgan fingerprint density at radius 1 is 0.923 bits per heavy atom. The van der Waals surface area contributed by atoms with E-state index in [2.05, 4.69) is 0 Å². The Bertz CT molecular complexity index is 1590. The van der Waals surface area contributed by atoms with E-state index in [4.69, 9.17) is 9.47 Å². The molecule has 3 aromatic carbocycles. The summed E-state index contributed by atoms with van der Waals surface area (Å²) in [4.78, 5) is 28.6. The summed E-state index contributed by atoms with van der Waals surface area (Å²) in [5.41, 5.74) is 2.27. The molecule has 7 nitrogen and oxygen atoms in total. The number of hydrogen-bond acceptors (Lipinski definition) is 5. The Labute approximate surface area is 224 Å². The van der Waals surface area contributed by atoms with Crippen molar-refractivity contribution < 1.29 is 18.7 Å². The fraction of sp³-hybridized carbons (Fsp3) is 0.161. The number of pyridine rings is 1. The van der Waals surface area contributed by atoms with Gasteiger partial charge in [-0.15, -0.1) is 0 Å². The van der Waals surface area contributed by atoms with Gasteiger partial charge in [-0.2, -0.15) is 0 Å². The Morgan fingerprint density at radius 2 is 1.69 bits per heavy atom. The summed E-state index contributed by atoms with van der Waals surface area (Å²) in [6.07, 6.45) is 5.23. The molecule has 196 valence electrons. The largest absolute Gasteiger partial charge is 0.489 e. The van der Waals surface area contributed by atoms with Crippen molar-refractivity contribution in [3.05, 3.63) is 142 Å². The molecule has 1 amide bonds. The van der Waals surface area contributed by atoms with Gasteiger partial charge in [0.1, 0.15) is 37.5 Å². The monoisotopic (exact) mass is 523 g/mol. The first-order chi connectivity index (χ1) is 19.1. The maximum atomic E-state index is 14.4. The van der Waals surface area contributed by atoms with E-state index in [0.29, 0.717) is 12.3 Å². The van der Waals surface area contributed by atoms with Gasteiger partial charge in [0.25, 0.3) is 5.91 Å². The normalized spacial score (nSPS) is 17.4. The van der Waals surface area contributed by atoms with Crippen LogP contribution in [0.3, 0.4) is 0 Å². The minimum absolute atomic E-state index is 0.0118. The van der Waals surface area contributed by atoms with Crippen LogP contribution in [0.5, 0.6) is 11.5 Å². The number of ether oxygens (including phenoxy) is 2.